The summed E-state index contributed by atoms with van der Waals surface area (Å²) >= 11 is 12.3. The van der Waals surface area contributed by atoms with Gasteiger partial charge in [0, 0.05) is 30.6 Å². The second kappa shape index (κ2) is 13.2. The molecule has 1 atom stereocenters. The molecule has 0 aliphatic rings. The van der Waals surface area contributed by atoms with Crippen LogP contribution in [0.25, 0.3) is 0 Å². The number of amides is 2. The number of hydrogen-bond acceptors (Lipinski definition) is 5. The van der Waals surface area contributed by atoms with E-state index in [2.05, 4.69) is 5.32 Å². The van der Waals surface area contributed by atoms with Gasteiger partial charge in [-0.15, -0.1) is 0 Å². The Morgan fingerprint density at radius 2 is 1.69 bits per heavy atom. The second-order valence-corrected chi connectivity index (χ2v) is 11.5. The summed E-state index contributed by atoms with van der Waals surface area (Å²) in [4.78, 5) is 27.5. The van der Waals surface area contributed by atoms with Crippen LogP contribution in [-0.4, -0.2) is 57.1 Å². The highest BCUT2D eigenvalue weighted by Crippen LogP contribution is 2.31. The van der Waals surface area contributed by atoms with Crippen molar-refractivity contribution in [1.82, 2.24) is 10.2 Å². The van der Waals surface area contributed by atoms with E-state index in [0.29, 0.717) is 10.8 Å². The smallest absolute Gasteiger partial charge is 0.242 e. The molecule has 36 heavy (non-hydrogen) atoms. The minimum atomic E-state index is -3.68. The lowest BCUT2D eigenvalue weighted by Gasteiger charge is -2.30. The molecule has 2 aromatic carbocycles. The van der Waals surface area contributed by atoms with Crippen molar-refractivity contribution in [3.05, 3.63) is 58.1 Å². The molecule has 0 aliphatic carbocycles. The molecule has 198 valence electrons. The van der Waals surface area contributed by atoms with E-state index < -0.39 is 16.1 Å². The zero-order chi connectivity index (χ0) is 27.0. The summed E-state index contributed by atoms with van der Waals surface area (Å²) in [6.45, 7) is 5.61. The highest BCUT2D eigenvalue weighted by Gasteiger charge is 2.27. The first-order valence-corrected chi connectivity index (χ1v) is 14.1. The SMILES string of the molecule is COc1ccc(CN(C(=O)CCCN(c2cc(Cl)ccc2Cl)S(C)(=O)=O)C(C)C(=O)NC(C)C)cc1. The highest BCUT2D eigenvalue weighted by molar-refractivity contribution is 7.92. The van der Waals surface area contributed by atoms with Gasteiger partial charge in [-0.1, -0.05) is 35.3 Å². The average molecular weight is 559 g/mol. The molecule has 2 amide bonds. The number of anilines is 1. The van der Waals surface area contributed by atoms with Gasteiger partial charge in [0.2, 0.25) is 21.8 Å². The number of sulfonamides is 1. The Morgan fingerprint density at radius 1 is 1.06 bits per heavy atom. The van der Waals surface area contributed by atoms with E-state index in [1.807, 2.05) is 26.0 Å². The summed E-state index contributed by atoms with van der Waals surface area (Å²) in [6.07, 6.45) is 1.31. The van der Waals surface area contributed by atoms with Crippen LogP contribution in [-0.2, 0) is 26.2 Å². The quantitative estimate of drug-likeness (QED) is 0.414. The van der Waals surface area contributed by atoms with E-state index in [9.17, 15) is 18.0 Å². The summed E-state index contributed by atoms with van der Waals surface area (Å²) in [5, 5.41) is 3.42. The Labute approximate surface area is 223 Å². The van der Waals surface area contributed by atoms with Crippen LogP contribution < -0.4 is 14.4 Å². The zero-order valence-electron chi connectivity index (χ0n) is 21.1. The van der Waals surface area contributed by atoms with Crippen molar-refractivity contribution in [3.8, 4) is 5.75 Å². The maximum atomic E-state index is 13.3. The fourth-order valence-corrected chi connectivity index (χ4v) is 4.98. The number of benzene rings is 2. The van der Waals surface area contributed by atoms with Gasteiger partial charge in [-0.3, -0.25) is 13.9 Å². The van der Waals surface area contributed by atoms with E-state index in [4.69, 9.17) is 27.9 Å². The molecule has 0 radical (unpaired) electrons. The van der Waals surface area contributed by atoms with Gasteiger partial charge in [-0.25, -0.2) is 8.42 Å². The fourth-order valence-electron chi connectivity index (χ4n) is 3.57. The molecule has 0 spiro atoms. The number of carbonyl (C=O) groups excluding carboxylic acids is 2. The van der Waals surface area contributed by atoms with Gasteiger partial charge in [0.1, 0.15) is 11.8 Å². The topological polar surface area (TPSA) is 96.0 Å². The third kappa shape index (κ3) is 8.57. The van der Waals surface area contributed by atoms with Crippen molar-refractivity contribution in [2.24, 2.45) is 0 Å². The van der Waals surface area contributed by atoms with Crippen LogP contribution in [0.4, 0.5) is 5.69 Å². The van der Waals surface area contributed by atoms with Gasteiger partial charge < -0.3 is 15.0 Å². The molecule has 2 aromatic rings. The van der Waals surface area contributed by atoms with Crippen molar-refractivity contribution >= 4 is 50.7 Å². The molecule has 8 nitrogen and oxygen atoms in total. The number of ether oxygens (including phenoxy) is 1. The van der Waals surface area contributed by atoms with Crippen LogP contribution in [0.15, 0.2) is 42.5 Å². The van der Waals surface area contributed by atoms with Crippen LogP contribution in [0, 0.1) is 0 Å². The Kier molecular flexibility index (Phi) is 10.9. The van der Waals surface area contributed by atoms with Crippen molar-refractivity contribution in [2.75, 3.05) is 24.2 Å². The number of carbonyl (C=O) groups is 2. The second-order valence-electron chi connectivity index (χ2n) is 8.74. The first kappa shape index (κ1) is 29.7. The maximum absolute atomic E-state index is 13.3. The van der Waals surface area contributed by atoms with Crippen LogP contribution >= 0.6 is 23.2 Å². The normalized spacial score (nSPS) is 12.2. The number of nitrogens with one attached hydrogen (secondary N) is 1. The molecule has 0 heterocycles. The Bertz CT molecular complexity index is 1160. The third-order valence-electron chi connectivity index (χ3n) is 5.44. The summed E-state index contributed by atoms with van der Waals surface area (Å²) in [7, 11) is -2.12. The minimum absolute atomic E-state index is 0.0214. The molecule has 2 rings (SSSR count). The lowest BCUT2D eigenvalue weighted by molar-refractivity contribution is -0.140. The van der Waals surface area contributed by atoms with Gasteiger partial charge in [0.05, 0.1) is 24.1 Å². The highest BCUT2D eigenvalue weighted by atomic mass is 35.5. The van der Waals surface area contributed by atoms with Crippen LogP contribution in [0.5, 0.6) is 5.75 Å². The van der Waals surface area contributed by atoms with Crippen molar-refractivity contribution in [1.29, 1.82) is 0 Å². The van der Waals surface area contributed by atoms with Crippen LogP contribution in [0.3, 0.4) is 0 Å². The predicted octanol–water partition coefficient (Wildman–Crippen LogP) is 4.49. The Morgan fingerprint density at radius 3 is 2.25 bits per heavy atom. The van der Waals surface area contributed by atoms with Crippen LogP contribution in [0.2, 0.25) is 10.0 Å². The largest absolute Gasteiger partial charge is 0.497 e. The van der Waals surface area contributed by atoms with Crippen LogP contribution in [0.1, 0.15) is 39.2 Å². The van der Waals surface area contributed by atoms with E-state index >= 15 is 0 Å². The van der Waals surface area contributed by atoms with Gasteiger partial charge in [0.25, 0.3) is 0 Å². The minimum Gasteiger partial charge on any atom is -0.497 e. The molecule has 0 aromatic heterocycles. The van der Waals surface area contributed by atoms with E-state index in [1.165, 1.54) is 17.0 Å². The molecular weight excluding hydrogens is 525 g/mol. The molecule has 0 fully saturated rings. The molecular formula is C25H33Cl2N3O5S. The third-order valence-corrected chi connectivity index (χ3v) is 7.17. The number of methoxy groups -OCH3 is 1. The predicted molar refractivity (Wildman–Crippen MR) is 144 cm³/mol. The summed E-state index contributed by atoms with van der Waals surface area (Å²) < 4.78 is 31.3. The van der Waals surface area contributed by atoms with Gasteiger partial charge in [-0.05, 0) is 63.1 Å². The van der Waals surface area contributed by atoms with Gasteiger partial charge in [-0.2, -0.15) is 0 Å². The Hall–Kier alpha value is -2.49. The number of halogens is 2. The Balaban J connectivity index is 2.20. The first-order valence-electron chi connectivity index (χ1n) is 11.5. The van der Waals surface area contributed by atoms with E-state index in [-0.39, 0.29) is 54.5 Å². The van der Waals surface area contributed by atoms with Crippen molar-refractivity contribution < 1.29 is 22.7 Å². The lowest BCUT2D eigenvalue weighted by atomic mass is 10.1. The standard InChI is InChI=1S/C25H33Cl2N3O5S/c1-17(2)28-25(32)18(3)29(16-19-8-11-21(35-4)12-9-19)24(31)7-6-14-30(36(5,33)34)23-15-20(26)10-13-22(23)27/h8-13,15,17-18H,6-7,14,16H2,1-5H3,(H,28,32). The monoisotopic (exact) mass is 557 g/mol. The molecule has 0 bridgehead atoms. The maximum Gasteiger partial charge on any atom is 0.242 e. The zero-order valence-corrected chi connectivity index (χ0v) is 23.5. The van der Waals surface area contributed by atoms with Gasteiger partial charge in [0.15, 0.2) is 0 Å². The summed E-state index contributed by atoms with van der Waals surface area (Å²) in [6, 6.07) is 11.0. The molecule has 1 N–H and O–H groups in total. The number of rotatable bonds is 12. The summed E-state index contributed by atoms with van der Waals surface area (Å²) in [5.41, 5.74) is 1.08. The molecule has 1 unspecified atom stereocenters. The lowest BCUT2D eigenvalue weighted by Crippen LogP contribution is -2.49. The van der Waals surface area contributed by atoms with E-state index in [1.54, 1.807) is 32.2 Å². The molecule has 0 saturated carbocycles. The van der Waals surface area contributed by atoms with Crippen molar-refractivity contribution in [2.45, 2.75) is 52.2 Å². The average Bonchev–Trinajstić information content (AvgIpc) is 2.80. The number of nitrogens with zero attached hydrogens (tertiary/aromatic N) is 2. The molecule has 0 aliphatic heterocycles. The van der Waals surface area contributed by atoms with Gasteiger partial charge >= 0.3 is 0 Å². The first-order chi connectivity index (χ1) is 16.8. The summed E-state index contributed by atoms with van der Waals surface area (Å²) in [5.74, 6) is 0.140. The molecule has 0 saturated heterocycles. The van der Waals surface area contributed by atoms with Crippen molar-refractivity contribution in [3.63, 3.8) is 0 Å². The fraction of sp³-hybridized carbons (Fsp3) is 0.440. The molecule has 11 heteroatoms. The van der Waals surface area contributed by atoms with E-state index in [0.717, 1.165) is 16.1 Å². The number of hydrogen-bond donors (Lipinski definition) is 1.